The molecule has 0 saturated carbocycles. The fourth-order valence-corrected chi connectivity index (χ4v) is 2.05. The standard InChI is InChI=1S/C12H17IO2/c1-2-3-7-11(14)12(15)9-5-4-6-10(13)8-9/h4-6,8,11-12,14-15H,2-3,7H2,1H3/t11-,12-/m1/s1. The van der Waals surface area contributed by atoms with Gasteiger partial charge in [0.2, 0.25) is 0 Å². The van der Waals surface area contributed by atoms with Gasteiger partial charge in [0.15, 0.2) is 0 Å². The van der Waals surface area contributed by atoms with E-state index < -0.39 is 12.2 Å². The third kappa shape index (κ3) is 4.09. The Morgan fingerprint density at radius 2 is 2.07 bits per heavy atom. The van der Waals surface area contributed by atoms with Crippen molar-refractivity contribution in [3.63, 3.8) is 0 Å². The van der Waals surface area contributed by atoms with Crippen LogP contribution in [0.5, 0.6) is 0 Å². The van der Waals surface area contributed by atoms with E-state index in [0.717, 1.165) is 22.0 Å². The van der Waals surface area contributed by atoms with Gasteiger partial charge >= 0.3 is 0 Å². The fraction of sp³-hybridized carbons (Fsp3) is 0.500. The van der Waals surface area contributed by atoms with E-state index in [-0.39, 0.29) is 0 Å². The van der Waals surface area contributed by atoms with Crippen molar-refractivity contribution in [3.05, 3.63) is 33.4 Å². The van der Waals surface area contributed by atoms with Crippen LogP contribution in [0.2, 0.25) is 0 Å². The molecule has 0 radical (unpaired) electrons. The molecule has 84 valence electrons. The summed E-state index contributed by atoms with van der Waals surface area (Å²) in [4.78, 5) is 0. The third-order valence-electron chi connectivity index (χ3n) is 2.41. The summed E-state index contributed by atoms with van der Waals surface area (Å²) in [7, 11) is 0. The van der Waals surface area contributed by atoms with Gasteiger partial charge in [-0.25, -0.2) is 0 Å². The normalized spacial score (nSPS) is 14.9. The maximum atomic E-state index is 9.89. The number of unbranched alkanes of at least 4 members (excludes halogenated alkanes) is 1. The molecule has 0 unspecified atom stereocenters. The topological polar surface area (TPSA) is 40.5 Å². The van der Waals surface area contributed by atoms with Crippen molar-refractivity contribution in [3.8, 4) is 0 Å². The van der Waals surface area contributed by atoms with E-state index in [4.69, 9.17) is 0 Å². The molecule has 0 amide bonds. The fourth-order valence-electron chi connectivity index (χ4n) is 1.48. The summed E-state index contributed by atoms with van der Waals surface area (Å²) < 4.78 is 1.08. The molecule has 1 rings (SSSR count). The summed E-state index contributed by atoms with van der Waals surface area (Å²) in [6.07, 6.45) is 1.23. The maximum absolute atomic E-state index is 9.89. The first-order chi connectivity index (χ1) is 7.15. The van der Waals surface area contributed by atoms with Crippen molar-refractivity contribution >= 4 is 22.6 Å². The minimum atomic E-state index is -0.758. The Bertz CT molecular complexity index is 301. The maximum Gasteiger partial charge on any atom is 0.105 e. The van der Waals surface area contributed by atoms with Gasteiger partial charge in [0.25, 0.3) is 0 Å². The monoisotopic (exact) mass is 320 g/mol. The van der Waals surface area contributed by atoms with E-state index in [1.807, 2.05) is 24.3 Å². The number of hydrogen-bond acceptors (Lipinski definition) is 2. The predicted molar refractivity (Wildman–Crippen MR) is 69.7 cm³/mol. The number of aliphatic hydroxyl groups is 2. The van der Waals surface area contributed by atoms with Crippen LogP contribution < -0.4 is 0 Å². The van der Waals surface area contributed by atoms with Gasteiger partial charge < -0.3 is 10.2 Å². The third-order valence-corrected chi connectivity index (χ3v) is 3.08. The van der Waals surface area contributed by atoms with Crippen molar-refractivity contribution < 1.29 is 10.2 Å². The molecule has 1 aromatic carbocycles. The van der Waals surface area contributed by atoms with Crippen LogP contribution in [0.15, 0.2) is 24.3 Å². The number of hydrogen-bond donors (Lipinski definition) is 2. The van der Waals surface area contributed by atoms with Crippen LogP contribution in [-0.2, 0) is 0 Å². The van der Waals surface area contributed by atoms with Crippen molar-refractivity contribution in [2.45, 2.75) is 38.4 Å². The van der Waals surface area contributed by atoms with E-state index in [1.165, 1.54) is 0 Å². The van der Waals surface area contributed by atoms with Crippen LogP contribution in [0.25, 0.3) is 0 Å². The molecule has 0 aliphatic rings. The van der Waals surface area contributed by atoms with Crippen LogP contribution in [0.1, 0.15) is 37.9 Å². The molecule has 0 aliphatic carbocycles. The van der Waals surface area contributed by atoms with Gasteiger partial charge in [-0.3, -0.25) is 0 Å². The van der Waals surface area contributed by atoms with Crippen LogP contribution in [-0.4, -0.2) is 16.3 Å². The Kier molecular flexibility index (Phi) is 5.56. The highest BCUT2D eigenvalue weighted by Crippen LogP contribution is 2.21. The molecule has 0 aliphatic heterocycles. The van der Waals surface area contributed by atoms with Crippen LogP contribution in [0, 0.1) is 3.57 Å². The number of halogens is 1. The highest BCUT2D eigenvalue weighted by atomic mass is 127. The summed E-state index contributed by atoms with van der Waals surface area (Å²) in [6, 6.07) is 7.62. The summed E-state index contributed by atoms with van der Waals surface area (Å²) in [6.45, 7) is 2.07. The molecular weight excluding hydrogens is 303 g/mol. The lowest BCUT2D eigenvalue weighted by molar-refractivity contribution is 0.0122. The van der Waals surface area contributed by atoms with Gasteiger partial charge in [-0.15, -0.1) is 0 Å². The van der Waals surface area contributed by atoms with Gasteiger partial charge in [0.1, 0.15) is 6.10 Å². The second-order valence-electron chi connectivity index (χ2n) is 3.71. The van der Waals surface area contributed by atoms with Crippen molar-refractivity contribution in [1.82, 2.24) is 0 Å². The summed E-state index contributed by atoms with van der Waals surface area (Å²) in [5.41, 5.74) is 0.797. The number of aliphatic hydroxyl groups excluding tert-OH is 2. The van der Waals surface area contributed by atoms with Crippen LogP contribution in [0.4, 0.5) is 0 Å². The van der Waals surface area contributed by atoms with E-state index in [9.17, 15) is 10.2 Å². The van der Waals surface area contributed by atoms with E-state index >= 15 is 0 Å². The molecule has 0 bridgehead atoms. The van der Waals surface area contributed by atoms with E-state index in [1.54, 1.807) is 0 Å². The lowest BCUT2D eigenvalue weighted by Gasteiger charge is -2.18. The number of rotatable bonds is 5. The zero-order valence-corrected chi connectivity index (χ0v) is 11.0. The molecule has 0 fully saturated rings. The second kappa shape index (κ2) is 6.45. The lowest BCUT2D eigenvalue weighted by atomic mass is 10.0. The Labute approximate surface area is 104 Å². The zero-order chi connectivity index (χ0) is 11.3. The quantitative estimate of drug-likeness (QED) is 0.819. The minimum absolute atomic E-state index is 0.650. The first-order valence-corrected chi connectivity index (χ1v) is 6.34. The Balaban J connectivity index is 2.62. The molecule has 15 heavy (non-hydrogen) atoms. The Morgan fingerprint density at radius 3 is 2.67 bits per heavy atom. The number of benzene rings is 1. The van der Waals surface area contributed by atoms with Gasteiger partial charge in [-0.05, 0) is 46.7 Å². The molecule has 3 heteroatoms. The van der Waals surface area contributed by atoms with Gasteiger partial charge in [0, 0.05) is 3.57 Å². The molecule has 2 atom stereocenters. The second-order valence-corrected chi connectivity index (χ2v) is 4.96. The van der Waals surface area contributed by atoms with Crippen molar-refractivity contribution in [2.75, 3.05) is 0 Å². The highest BCUT2D eigenvalue weighted by Gasteiger charge is 2.17. The molecule has 0 heterocycles. The average Bonchev–Trinajstić information content (AvgIpc) is 2.24. The lowest BCUT2D eigenvalue weighted by Crippen LogP contribution is -2.18. The van der Waals surface area contributed by atoms with Gasteiger partial charge in [-0.2, -0.15) is 0 Å². The SMILES string of the molecule is CCCC[C@@H](O)[C@H](O)c1cccc(I)c1. The minimum Gasteiger partial charge on any atom is -0.390 e. The Hall–Kier alpha value is -0.130. The van der Waals surface area contributed by atoms with Gasteiger partial charge in [-0.1, -0.05) is 31.9 Å². The summed E-state index contributed by atoms with van der Waals surface area (Å²) in [5, 5.41) is 19.6. The molecular formula is C12H17IO2. The zero-order valence-electron chi connectivity index (χ0n) is 8.86. The molecule has 1 aromatic rings. The van der Waals surface area contributed by atoms with Crippen LogP contribution in [0.3, 0.4) is 0 Å². The largest absolute Gasteiger partial charge is 0.390 e. The average molecular weight is 320 g/mol. The first-order valence-electron chi connectivity index (χ1n) is 5.26. The molecule has 0 aromatic heterocycles. The van der Waals surface area contributed by atoms with Crippen LogP contribution >= 0.6 is 22.6 Å². The van der Waals surface area contributed by atoms with E-state index in [2.05, 4.69) is 29.5 Å². The van der Waals surface area contributed by atoms with Crippen molar-refractivity contribution in [2.24, 2.45) is 0 Å². The van der Waals surface area contributed by atoms with E-state index in [0.29, 0.717) is 6.42 Å². The molecule has 2 nitrogen and oxygen atoms in total. The molecule has 0 spiro atoms. The Morgan fingerprint density at radius 1 is 1.33 bits per heavy atom. The highest BCUT2D eigenvalue weighted by molar-refractivity contribution is 14.1. The summed E-state index contributed by atoms with van der Waals surface area (Å²) >= 11 is 2.20. The van der Waals surface area contributed by atoms with Crippen molar-refractivity contribution in [1.29, 1.82) is 0 Å². The molecule has 2 N–H and O–H groups in total. The predicted octanol–water partition coefficient (Wildman–Crippen LogP) is 2.88. The first kappa shape index (κ1) is 12.9. The smallest absolute Gasteiger partial charge is 0.105 e. The molecule has 0 saturated heterocycles. The van der Waals surface area contributed by atoms with Gasteiger partial charge in [0.05, 0.1) is 6.10 Å². The summed E-state index contributed by atoms with van der Waals surface area (Å²) in [5.74, 6) is 0.